The van der Waals surface area contributed by atoms with Gasteiger partial charge in [-0.05, 0) is 63.8 Å². The molecule has 134 valence electrons. The van der Waals surface area contributed by atoms with Crippen LogP contribution in [0.3, 0.4) is 0 Å². The fourth-order valence-corrected chi connectivity index (χ4v) is 4.13. The van der Waals surface area contributed by atoms with Gasteiger partial charge in [0, 0.05) is 13.1 Å². The molecule has 1 saturated carbocycles. The summed E-state index contributed by atoms with van der Waals surface area (Å²) in [6, 6.07) is 0.0750. The molecule has 2 saturated heterocycles. The number of carbonyl (C=O) groups excluding carboxylic acids is 1. The normalized spacial score (nSPS) is 33.1. The Morgan fingerprint density at radius 1 is 0.957 bits per heavy atom. The van der Waals surface area contributed by atoms with Gasteiger partial charge in [-0.1, -0.05) is 13.3 Å². The van der Waals surface area contributed by atoms with Crippen LogP contribution in [-0.2, 0) is 9.53 Å². The summed E-state index contributed by atoms with van der Waals surface area (Å²) in [5.74, 6) is 1.20. The van der Waals surface area contributed by atoms with E-state index in [1.54, 1.807) is 0 Å². The van der Waals surface area contributed by atoms with Crippen LogP contribution in [0.15, 0.2) is 0 Å². The Bertz CT molecular complexity index is 358. The molecule has 1 atom stereocenters. The van der Waals surface area contributed by atoms with Gasteiger partial charge in [-0.15, -0.1) is 12.4 Å². The zero-order valence-electron chi connectivity index (χ0n) is 14.5. The lowest BCUT2D eigenvalue weighted by atomic mass is 9.88. The average molecular weight is 345 g/mol. The largest absolute Gasteiger partial charge is 0.375 e. The molecule has 23 heavy (non-hydrogen) atoms. The highest BCUT2D eigenvalue weighted by atomic mass is 35.5. The lowest BCUT2D eigenvalue weighted by Gasteiger charge is -2.37. The fraction of sp³-hybridized carbons (Fsp3) is 0.944. The van der Waals surface area contributed by atoms with E-state index >= 15 is 0 Å². The van der Waals surface area contributed by atoms with Gasteiger partial charge in [-0.2, -0.15) is 0 Å². The minimum absolute atomic E-state index is 0. The van der Waals surface area contributed by atoms with E-state index in [0.717, 1.165) is 44.8 Å². The molecule has 1 N–H and O–H groups in total. The van der Waals surface area contributed by atoms with E-state index in [1.807, 2.05) is 0 Å². The van der Waals surface area contributed by atoms with Crippen molar-refractivity contribution in [2.75, 3.05) is 19.6 Å². The molecule has 5 heteroatoms. The first-order valence-corrected chi connectivity index (χ1v) is 9.40. The predicted molar refractivity (Wildman–Crippen MR) is 95.0 cm³/mol. The van der Waals surface area contributed by atoms with Crippen molar-refractivity contribution < 1.29 is 9.53 Å². The number of ether oxygens (including phenoxy) is 1. The van der Waals surface area contributed by atoms with Crippen LogP contribution >= 0.6 is 12.4 Å². The molecule has 2 heterocycles. The number of piperidine rings is 2. The number of amides is 1. The second kappa shape index (κ2) is 9.24. The molecule has 3 rings (SSSR count). The zero-order valence-corrected chi connectivity index (χ0v) is 15.3. The van der Waals surface area contributed by atoms with Crippen LogP contribution in [0.2, 0.25) is 0 Å². The summed E-state index contributed by atoms with van der Waals surface area (Å²) in [4.78, 5) is 14.6. The molecule has 2 aliphatic heterocycles. The molecule has 0 aromatic carbocycles. The van der Waals surface area contributed by atoms with E-state index in [2.05, 4.69) is 17.1 Å². The maximum absolute atomic E-state index is 12.5. The Labute approximate surface area is 147 Å². The Balaban J connectivity index is 0.00000192. The van der Waals surface area contributed by atoms with Gasteiger partial charge in [-0.3, -0.25) is 4.79 Å². The van der Waals surface area contributed by atoms with Crippen molar-refractivity contribution in [1.82, 2.24) is 10.2 Å². The maximum Gasteiger partial charge on any atom is 0.239 e. The van der Waals surface area contributed by atoms with E-state index in [-0.39, 0.29) is 18.4 Å². The first kappa shape index (κ1) is 19.0. The van der Waals surface area contributed by atoms with Gasteiger partial charge < -0.3 is 15.0 Å². The highest BCUT2D eigenvalue weighted by Gasteiger charge is 2.30. The molecule has 0 aromatic rings. The van der Waals surface area contributed by atoms with Gasteiger partial charge in [0.1, 0.15) is 0 Å². The number of nitrogens with one attached hydrogen (secondary N) is 1. The van der Waals surface area contributed by atoms with Gasteiger partial charge >= 0.3 is 0 Å². The quantitative estimate of drug-likeness (QED) is 0.855. The van der Waals surface area contributed by atoms with Crippen molar-refractivity contribution >= 4 is 18.3 Å². The highest BCUT2D eigenvalue weighted by Crippen LogP contribution is 2.28. The number of carbonyl (C=O) groups is 1. The smallest absolute Gasteiger partial charge is 0.239 e. The molecule has 3 fully saturated rings. The Morgan fingerprint density at radius 2 is 1.61 bits per heavy atom. The molecular weight excluding hydrogens is 312 g/mol. The Hall–Kier alpha value is -0.320. The molecule has 0 spiro atoms. The van der Waals surface area contributed by atoms with Gasteiger partial charge in [0.25, 0.3) is 0 Å². The molecule has 0 radical (unpaired) electrons. The van der Waals surface area contributed by atoms with E-state index in [9.17, 15) is 4.79 Å². The number of hydrogen-bond donors (Lipinski definition) is 1. The number of hydrogen-bond acceptors (Lipinski definition) is 3. The first-order chi connectivity index (χ1) is 10.7. The van der Waals surface area contributed by atoms with Crippen molar-refractivity contribution in [1.29, 1.82) is 0 Å². The average Bonchev–Trinajstić information content (AvgIpc) is 2.58. The summed E-state index contributed by atoms with van der Waals surface area (Å²) in [7, 11) is 0. The number of halogens is 1. The summed E-state index contributed by atoms with van der Waals surface area (Å²) in [5.41, 5.74) is 0. The van der Waals surface area contributed by atoms with Gasteiger partial charge in [0.05, 0.1) is 18.2 Å². The minimum Gasteiger partial charge on any atom is -0.375 e. The van der Waals surface area contributed by atoms with Gasteiger partial charge in [-0.25, -0.2) is 0 Å². The second-order valence-electron chi connectivity index (χ2n) is 7.55. The van der Waals surface area contributed by atoms with Crippen molar-refractivity contribution in [2.24, 2.45) is 5.92 Å². The summed E-state index contributed by atoms with van der Waals surface area (Å²) >= 11 is 0. The van der Waals surface area contributed by atoms with E-state index < -0.39 is 0 Å². The molecule has 3 aliphatic rings. The van der Waals surface area contributed by atoms with Crippen molar-refractivity contribution in [3.63, 3.8) is 0 Å². The zero-order chi connectivity index (χ0) is 15.4. The molecule has 0 bridgehead atoms. The van der Waals surface area contributed by atoms with Gasteiger partial charge in [0.2, 0.25) is 5.91 Å². The molecule has 1 amide bonds. The van der Waals surface area contributed by atoms with E-state index in [1.165, 1.54) is 38.5 Å². The Kier molecular flexibility index (Phi) is 7.64. The second-order valence-corrected chi connectivity index (χ2v) is 7.55. The van der Waals surface area contributed by atoms with Gasteiger partial charge in [0.15, 0.2) is 0 Å². The molecule has 4 nitrogen and oxygen atoms in total. The van der Waals surface area contributed by atoms with Crippen LogP contribution < -0.4 is 5.32 Å². The van der Waals surface area contributed by atoms with Crippen LogP contribution in [0.4, 0.5) is 0 Å². The fourth-order valence-electron chi connectivity index (χ4n) is 4.13. The molecule has 1 unspecified atom stereocenters. The van der Waals surface area contributed by atoms with Crippen molar-refractivity contribution in [3.05, 3.63) is 0 Å². The summed E-state index contributed by atoms with van der Waals surface area (Å²) < 4.78 is 6.30. The van der Waals surface area contributed by atoms with Crippen molar-refractivity contribution in [2.45, 2.75) is 83.0 Å². The highest BCUT2D eigenvalue weighted by molar-refractivity contribution is 5.85. The van der Waals surface area contributed by atoms with Crippen molar-refractivity contribution in [3.8, 4) is 0 Å². The third-order valence-electron chi connectivity index (χ3n) is 5.71. The minimum atomic E-state index is 0. The lowest BCUT2D eigenvalue weighted by Crippen LogP contribution is -2.51. The topological polar surface area (TPSA) is 41.6 Å². The van der Waals surface area contributed by atoms with Crippen LogP contribution in [0.25, 0.3) is 0 Å². The Morgan fingerprint density at radius 3 is 2.22 bits per heavy atom. The third kappa shape index (κ3) is 5.33. The monoisotopic (exact) mass is 344 g/mol. The third-order valence-corrected chi connectivity index (χ3v) is 5.71. The van der Waals surface area contributed by atoms with E-state index in [4.69, 9.17) is 4.74 Å². The van der Waals surface area contributed by atoms with Crippen LogP contribution in [-0.4, -0.2) is 48.7 Å². The van der Waals surface area contributed by atoms with Crippen LogP contribution in [0.5, 0.6) is 0 Å². The maximum atomic E-state index is 12.5. The molecule has 1 aliphatic carbocycles. The van der Waals surface area contributed by atoms with Crippen LogP contribution in [0, 0.1) is 5.92 Å². The molecule has 0 aromatic heterocycles. The lowest BCUT2D eigenvalue weighted by molar-refractivity contribution is -0.137. The predicted octanol–water partition coefficient (Wildman–Crippen LogP) is 3.14. The van der Waals surface area contributed by atoms with E-state index in [0.29, 0.717) is 18.1 Å². The van der Waals surface area contributed by atoms with Crippen LogP contribution in [0.1, 0.15) is 64.7 Å². The SMILES string of the molecule is CC1CCC(OC2CCN(C(=O)C3CCCCN3)CC2)CC1.Cl. The number of rotatable bonds is 3. The first-order valence-electron chi connectivity index (χ1n) is 9.40. The number of nitrogens with zero attached hydrogens (tertiary/aromatic N) is 1. The summed E-state index contributed by atoms with van der Waals surface area (Å²) in [5, 5.41) is 3.37. The summed E-state index contributed by atoms with van der Waals surface area (Å²) in [6.45, 7) is 5.10. The number of likely N-dealkylation sites (tertiary alicyclic amines) is 1. The standard InChI is InChI=1S/C18H32N2O2.ClH/c1-14-5-7-15(8-6-14)22-16-9-12-20(13-10-16)18(21)17-4-2-3-11-19-17;/h14-17,19H,2-13H2,1H3;1H. The molecular formula is C18H33ClN2O2. The summed E-state index contributed by atoms with van der Waals surface area (Å²) in [6.07, 6.45) is 11.4.